The van der Waals surface area contributed by atoms with Crippen molar-refractivity contribution in [1.82, 2.24) is 10.2 Å². The minimum absolute atomic E-state index is 0.0970. The molecule has 1 amide bonds. The first-order valence-electron chi connectivity index (χ1n) is 6.09. The monoisotopic (exact) mass is 263 g/mol. The Bertz CT molecular complexity index is 441. The molecule has 1 fully saturated rings. The van der Waals surface area contributed by atoms with Crippen LogP contribution < -0.4 is 5.32 Å². The minimum Gasteiger partial charge on any atom is -0.343 e. The van der Waals surface area contributed by atoms with Crippen LogP contribution in [0.4, 0.5) is 0 Å². The summed E-state index contributed by atoms with van der Waals surface area (Å²) in [7, 11) is 0. The van der Waals surface area contributed by atoms with Gasteiger partial charge in [0.2, 0.25) is 5.91 Å². The lowest BCUT2D eigenvalue weighted by Gasteiger charge is -2.37. The number of nitrogens with one attached hydrogen (secondary N) is 1. The van der Waals surface area contributed by atoms with Crippen LogP contribution >= 0.6 is 11.3 Å². The summed E-state index contributed by atoms with van der Waals surface area (Å²) in [5.74, 6) is 0.0970. The zero-order valence-corrected chi connectivity index (χ0v) is 11.3. The summed E-state index contributed by atoms with van der Waals surface area (Å²) in [6.45, 7) is 3.64. The van der Waals surface area contributed by atoms with Crippen LogP contribution in [0, 0.1) is 11.3 Å². The number of nitrogens with zero attached hydrogens (tertiary/aromatic N) is 2. The number of nitriles is 1. The molecular weight excluding hydrogens is 246 g/mol. The van der Waals surface area contributed by atoms with E-state index in [-0.39, 0.29) is 5.91 Å². The second kappa shape index (κ2) is 5.51. The molecule has 1 aromatic rings. The van der Waals surface area contributed by atoms with Crippen molar-refractivity contribution in [2.45, 2.75) is 31.8 Å². The van der Waals surface area contributed by atoms with Gasteiger partial charge < -0.3 is 4.90 Å². The smallest absolute Gasteiger partial charge is 0.219 e. The van der Waals surface area contributed by atoms with Crippen LogP contribution in [0.2, 0.25) is 0 Å². The summed E-state index contributed by atoms with van der Waals surface area (Å²) in [6.07, 6.45) is 1.41. The molecule has 96 valence electrons. The molecule has 18 heavy (non-hydrogen) atoms. The van der Waals surface area contributed by atoms with Crippen LogP contribution in [0.15, 0.2) is 17.5 Å². The molecule has 0 aliphatic carbocycles. The van der Waals surface area contributed by atoms with Crippen molar-refractivity contribution in [2.75, 3.05) is 13.1 Å². The Kier molecular flexibility index (Phi) is 4.00. The van der Waals surface area contributed by atoms with E-state index >= 15 is 0 Å². The zero-order valence-electron chi connectivity index (χ0n) is 10.5. The molecule has 2 heterocycles. The largest absolute Gasteiger partial charge is 0.343 e. The minimum atomic E-state index is -0.476. The molecule has 0 unspecified atom stereocenters. The van der Waals surface area contributed by atoms with Gasteiger partial charge in [0, 0.05) is 31.4 Å². The van der Waals surface area contributed by atoms with Crippen molar-refractivity contribution in [3.05, 3.63) is 22.4 Å². The van der Waals surface area contributed by atoms with E-state index in [2.05, 4.69) is 17.5 Å². The fourth-order valence-electron chi connectivity index (χ4n) is 2.20. The van der Waals surface area contributed by atoms with E-state index in [4.69, 9.17) is 0 Å². The van der Waals surface area contributed by atoms with Crippen LogP contribution in [0.3, 0.4) is 0 Å². The second-order valence-electron chi connectivity index (χ2n) is 4.63. The molecule has 0 atom stereocenters. The van der Waals surface area contributed by atoms with E-state index in [0.717, 1.165) is 6.54 Å². The summed E-state index contributed by atoms with van der Waals surface area (Å²) in [4.78, 5) is 14.3. The zero-order chi connectivity index (χ0) is 13.0. The first kappa shape index (κ1) is 13.1. The topological polar surface area (TPSA) is 56.1 Å². The predicted molar refractivity (Wildman–Crippen MR) is 71.0 cm³/mol. The molecule has 1 aliphatic heterocycles. The number of likely N-dealkylation sites (tertiary alicyclic amines) is 1. The van der Waals surface area contributed by atoms with Crippen LogP contribution in [-0.2, 0) is 11.3 Å². The summed E-state index contributed by atoms with van der Waals surface area (Å²) in [5, 5.41) is 14.8. The SMILES string of the molecule is CC(=O)N1CCC(C#N)(NCc2cccs2)CC1. The van der Waals surface area contributed by atoms with Crippen molar-refractivity contribution in [2.24, 2.45) is 0 Å². The quantitative estimate of drug-likeness (QED) is 0.903. The molecule has 1 aromatic heterocycles. The Morgan fingerprint density at radius 3 is 2.83 bits per heavy atom. The van der Waals surface area contributed by atoms with Gasteiger partial charge in [-0.1, -0.05) is 6.07 Å². The molecule has 0 radical (unpaired) electrons. The number of carbonyl (C=O) groups is 1. The highest BCUT2D eigenvalue weighted by atomic mass is 32.1. The fraction of sp³-hybridized carbons (Fsp3) is 0.538. The predicted octanol–water partition coefficient (Wildman–Crippen LogP) is 1.74. The molecule has 0 bridgehead atoms. The molecule has 5 heteroatoms. The number of piperidine rings is 1. The highest BCUT2D eigenvalue weighted by Gasteiger charge is 2.34. The Morgan fingerprint density at radius 2 is 2.33 bits per heavy atom. The lowest BCUT2D eigenvalue weighted by Crippen LogP contribution is -2.53. The van der Waals surface area contributed by atoms with Gasteiger partial charge in [-0.25, -0.2) is 0 Å². The van der Waals surface area contributed by atoms with Crippen molar-refractivity contribution in [3.8, 4) is 6.07 Å². The molecule has 2 rings (SSSR count). The van der Waals surface area contributed by atoms with E-state index in [1.807, 2.05) is 16.3 Å². The number of hydrogen-bond acceptors (Lipinski definition) is 4. The Morgan fingerprint density at radius 1 is 1.61 bits per heavy atom. The summed E-state index contributed by atoms with van der Waals surface area (Å²) in [5.41, 5.74) is -0.476. The van der Waals surface area contributed by atoms with Crippen molar-refractivity contribution < 1.29 is 4.79 Å². The van der Waals surface area contributed by atoms with Gasteiger partial charge >= 0.3 is 0 Å². The maximum absolute atomic E-state index is 11.3. The van der Waals surface area contributed by atoms with Gasteiger partial charge in [0.05, 0.1) is 6.07 Å². The first-order chi connectivity index (χ1) is 8.65. The van der Waals surface area contributed by atoms with Gasteiger partial charge in [-0.3, -0.25) is 10.1 Å². The van der Waals surface area contributed by atoms with Crippen LogP contribution in [-0.4, -0.2) is 29.4 Å². The van der Waals surface area contributed by atoms with Gasteiger partial charge in [0.15, 0.2) is 0 Å². The summed E-state index contributed by atoms with van der Waals surface area (Å²) in [6, 6.07) is 6.47. The van der Waals surface area contributed by atoms with E-state index in [9.17, 15) is 10.1 Å². The van der Waals surface area contributed by atoms with Gasteiger partial charge in [-0.15, -0.1) is 11.3 Å². The summed E-state index contributed by atoms with van der Waals surface area (Å²) < 4.78 is 0. The molecule has 1 saturated heterocycles. The van der Waals surface area contributed by atoms with Gasteiger partial charge in [0.25, 0.3) is 0 Å². The lowest BCUT2D eigenvalue weighted by atomic mass is 9.89. The third kappa shape index (κ3) is 2.89. The van der Waals surface area contributed by atoms with Gasteiger partial charge in [-0.05, 0) is 24.3 Å². The lowest BCUT2D eigenvalue weighted by molar-refractivity contribution is -0.130. The maximum Gasteiger partial charge on any atom is 0.219 e. The molecule has 0 spiro atoms. The average molecular weight is 263 g/mol. The number of amides is 1. The van der Waals surface area contributed by atoms with Crippen molar-refractivity contribution >= 4 is 17.2 Å². The first-order valence-corrected chi connectivity index (χ1v) is 6.97. The maximum atomic E-state index is 11.3. The number of rotatable bonds is 3. The van der Waals surface area contributed by atoms with Crippen LogP contribution in [0.25, 0.3) is 0 Å². The van der Waals surface area contributed by atoms with E-state index in [1.54, 1.807) is 18.3 Å². The van der Waals surface area contributed by atoms with Gasteiger partial charge in [0.1, 0.15) is 5.54 Å². The van der Waals surface area contributed by atoms with E-state index in [0.29, 0.717) is 25.9 Å². The number of carbonyl (C=O) groups excluding carboxylic acids is 1. The summed E-state index contributed by atoms with van der Waals surface area (Å²) >= 11 is 1.69. The van der Waals surface area contributed by atoms with Crippen LogP contribution in [0.1, 0.15) is 24.6 Å². The van der Waals surface area contributed by atoms with Crippen molar-refractivity contribution in [1.29, 1.82) is 5.26 Å². The number of thiophene rings is 1. The molecule has 0 saturated carbocycles. The Labute approximate surface area is 111 Å². The third-order valence-electron chi connectivity index (χ3n) is 3.46. The molecule has 1 aliphatic rings. The molecule has 1 N–H and O–H groups in total. The second-order valence-corrected chi connectivity index (χ2v) is 5.67. The normalized spacial score (nSPS) is 18.3. The highest BCUT2D eigenvalue weighted by Crippen LogP contribution is 2.23. The molecule has 0 aromatic carbocycles. The number of hydrogen-bond donors (Lipinski definition) is 1. The van der Waals surface area contributed by atoms with Gasteiger partial charge in [-0.2, -0.15) is 5.26 Å². The molecular formula is C13H17N3OS. The Balaban J connectivity index is 1.92. The van der Waals surface area contributed by atoms with E-state index < -0.39 is 5.54 Å². The van der Waals surface area contributed by atoms with Crippen LogP contribution in [0.5, 0.6) is 0 Å². The molecule has 4 nitrogen and oxygen atoms in total. The fourth-order valence-corrected chi connectivity index (χ4v) is 2.85. The Hall–Kier alpha value is -1.38. The average Bonchev–Trinajstić information content (AvgIpc) is 2.90. The van der Waals surface area contributed by atoms with E-state index in [1.165, 1.54) is 4.88 Å². The van der Waals surface area contributed by atoms with Crippen molar-refractivity contribution in [3.63, 3.8) is 0 Å². The standard InChI is InChI=1S/C13H17N3OS/c1-11(17)16-6-4-13(10-14,5-7-16)15-9-12-3-2-8-18-12/h2-3,8,15H,4-7,9H2,1H3. The highest BCUT2D eigenvalue weighted by molar-refractivity contribution is 7.09. The third-order valence-corrected chi connectivity index (χ3v) is 4.33.